The number of nitrogens with one attached hydrogen (secondary N) is 1. The van der Waals surface area contributed by atoms with E-state index in [4.69, 9.17) is 4.74 Å². The first kappa shape index (κ1) is 15.9. The van der Waals surface area contributed by atoms with Crippen LogP contribution in [0.1, 0.15) is 24.1 Å². The van der Waals surface area contributed by atoms with E-state index in [2.05, 4.69) is 21.2 Å². The zero-order chi connectivity index (χ0) is 14.9. The van der Waals surface area contributed by atoms with Gasteiger partial charge in [0.05, 0.1) is 10.4 Å². The van der Waals surface area contributed by atoms with Crippen molar-refractivity contribution >= 4 is 37.3 Å². The van der Waals surface area contributed by atoms with Gasteiger partial charge in [-0.15, -0.1) is 11.3 Å². The van der Waals surface area contributed by atoms with Gasteiger partial charge in [-0.3, -0.25) is 0 Å². The van der Waals surface area contributed by atoms with Crippen molar-refractivity contribution in [1.82, 2.24) is 9.62 Å². The van der Waals surface area contributed by atoms with Crippen LogP contribution in [0.2, 0.25) is 0 Å². The molecule has 0 amide bonds. The summed E-state index contributed by atoms with van der Waals surface area (Å²) in [5.74, 6) is 0. The van der Waals surface area contributed by atoms with Crippen molar-refractivity contribution in [2.45, 2.75) is 36.7 Å². The van der Waals surface area contributed by atoms with Crippen molar-refractivity contribution < 1.29 is 13.2 Å². The van der Waals surface area contributed by atoms with Crippen LogP contribution < -0.4 is 5.32 Å². The van der Waals surface area contributed by atoms with Gasteiger partial charge in [0.15, 0.2) is 0 Å². The molecule has 0 bridgehead atoms. The van der Waals surface area contributed by atoms with Crippen molar-refractivity contribution in [2.24, 2.45) is 0 Å². The molecule has 8 heteroatoms. The van der Waals surface area contributed by atoms with E-state index < -0.39 is 10.0 Å². The van der Waals surface area contributed by atoms with E-state index in [1.165, 1.54) is 28.5 Å². The molecule has 0 unspecified atom stereocenters. The van der Waals surface area contributed by atoms with E-state index in [0.29, 0.717) is 41.0 Å². The first-order chi connectivity index (χ1) is 10.1. The average Bonchev–Trinajstić information content (AvgIpc) is 3.23. The summed E-state index contributed by atoms with van der Waals surface area (Å²) >= 11 is 4.91. The van der Waals surface area contributed by atoms with Crippen molar-refractivity contribution in [3.8, 4) is 0 Å². The van der Waals surface area contributed by atoms with E-state index in [-0.39, 0.29) is 0 Å². The summed E-state index contributed by atoms with van der Waals surface area (Å²) in [6.07, 6.45) is 3.20. The summed E-state index contributed by atoms with van der Waals surface area (Å²) in [6.45, 7) is 2.80. The van der Waals surface area contributed by atoms with Crippen LogP contribution in [0, 0.1) is 0 Å². The molecule has 0 spiro atoms. The van der Waals surface area contributed by atoms with Gasteiger partial charge in [-0.2, -0.15) is 4.31 Å². The molecule has 1 N–H and O–H groups in total. The van der Waals surface area contributed by atoms with Gasteiger partial charge in [0.25, 0.3) is 0 Å². The molecule has 3 rings (SSSR count). The first-order valence-electron chi connectivity index (χ1n) is 7.17. The second kappa shape index (κ2) is 6.64. The molecule has 0 atom stereocenters. The summed E-state index contributed by atoms with van der Waals surface area (Å²) in [6, 6.07) is 2.42. The molecule has 21 heavy (non-hydrogen) atoms. The number of ether oxygens (including phenoxy) is 1. The second-order valence-electron chi connectivity index (χ2n) is 5.38. The van der Waals surface area contributed by atoms with Gasteiger partial charge >= 0.3 is 0 Å². The van der Waals surface area contributed by atoms with Crippen LogP contribution in [0.3, 0.4) is 0 Å². The highest BCUT2D eigenvalue weighted by Crippen LogP contribution is 2.34. The fourth-order valence-electron chi connectivity index (χ4n) is 2.30. The van der Waals surface area contributed by atoms with Gasteiger partial charge in [0.1, 0.15) is 4.90 Å². The Balaban J connectivity index is 1.76. The zero-order valence-electron chi connectivity index (χ0n) is 11.7. The molecule has 1 aromatic rings. The number of hydrogen-bond acceptors (Lipinski definition) is 5. The van der Waals surface area contributed by atoms with Crippen LogP contribution in [0.15, 0.2) is 14.7 Å². The molecule has 1 aromatic heterocycles. The van der Waals surface area contributed by atoms with E-state index >= 15 is 0 Å². The summed E-state index contributed by atoms with van der Waals surface area (Å²) in [5.41, 5.74) is 0. The van der Waals surface area contributed by atoms with Gasteiger partial charge < -0.3 is 10.1 Å². The molecule has 2 fully saturated rings. The maximum atomic E-state index is 12.8. The van der Waals surface area contributed by atoms with Crippen molar-refractivity contribution in [3.63, 3.8) is 0 Å². The molecule has 2 heterocycles. The molecule has 5 nitrogen and oxygen atoms in total. The Kier molecular flexibility index (Phi) is 5.02. The maximum absolute atomic E-state index is 12.8. The number of hydrogen-bond donors (Lipinski definition) is 1. The zero-order valence-corrected chi connectivity index (χ0v) is 14.9. The molecule has 1 aliphatic carbocycles. The molecule has 0 radical (unpaired) electrons. The quantitative estimate of drug-likeness (QED) is 0.831. The largest absolute Gasteiger partial charge is 0.380 e. The number of rotatable bonds is 5. The number of sulfonamides is 1. The minimum atomic E-state index is -3.43. The standard InChI is InChI=1S/C13H19BrN2O3S2/c14-13-12(8-11(20-13)9-15-10-2-3-10)21(17,18)16-4-1-6-19-7-5-16/h8,10,15H,1-7,9H2. The predicted molar refractivity (Wildman–Crippen MR) is 86.1 cm³/mol. The maximum Gasteiger partial charge on any atom is 0.245 e. The number of nitrogens with zero attached hydrogens (tertiary/aromatic N) is 1. The third-order valence-electron chi connectivity index (χ3n) is 3.65. The lowest BCUT2D eigenvalue weighted by Gasteiger charge is -2.18. The highest BCUT2D eigenvalue weighted by atomic mass is 79.9. The molecular formula is C13H19BrN2O3S2. The lowest BCUT2D eigenvalue weighted by atomic mass is 10.4. The Bertz CT molecular complexity index is 591. The van der Waals surface area contributed by atoms with Crippen molar-refractivity contribution in [3.05, 3.63) is 14.7 Å². The molecular weight excluding hydrogens is 376 g/mol. The fraction of sp³-hybridized carbons (Fsp3) is 0.692. The topological polar surface area (TPSA) is 58.6 Å². The Labute approximate surface area is 137 Å². The van der Waals surface area contributed by atoms with Gasteiger partial charge in [-0.25, -0.2) is 8.42 Å². The lowest BCUT2D eigenvalue weighted by Crippen LogP contribution is -2.33. The normalized spacial score (nSPS) is 21.4. The summed E-state index contributed by atoms with van der Waals surface area (Å²) in [5, 5.41) is 3.42. The first-order valence-corrected chi connectivity index (χ1v) is 10.2. The molecule has 1 saturated carbocycles. The third kappa shape index (κ3) is 3.86. The summed E-state index contributed by atoms with van der Waals surface area (Å²) in [7, 11) is -3.43. The van der Waals surface area contributed by atoms with E-state index in [0.717, 1.165) is 17.8 Å². The van der Waals surface area contributed by atoms with Crippen LogP contribution in [-0.4, -0.2) is 45.1 Å². The van der Waals surface area contributed by atoms with Crippen LogP contribution in [0.25, 0.3) is 0 Å². The monoisotopic (exact) mass is 394 g/mol. The minimum Gasteiger partial charge on any atom is -0.380 e. The number of thiophene rings is 1. The Morgan fingerprint density at radius 1 is 1.38 bits per heavy atom. The lowest BCUT2D eigenvalue weighted by molar-refractivity contribution is 0.148. The van der Waals surface area contributed by atoms with E-state index in [1.807, 2.05) is 0 Å². The van der Waals surface area contributed by atoms with Crippen LogP contribution in [0.5, 0.6) is 0 Å². The van der Waals surface area contributed by atoms with E-state index in [1.54, 1.807) is 6.07 Å². The van der Waals surface area contributed by atoms with E-state index in [9.17, 15) is 8.42 Å². The smallest absolute Gasteiger partial charge is 0.245 e. The van der Waals surface area contributed by atoms with Gasteiger partial charge in [-0.05, 0) is 41.3 Å². The fourth-order valence-corrected chi connectivity index (χ4v) is 6.34. The Morgan fingerprint density at radius 3 is 2.95 bits per heavy atom. The Morgan fingerprint density at radius 2 is 2.19 bits per heavy atom. The Hall–Kier alpha value is 0.01000. The van der Waals surface area contributed by atoms with Crippen LogP contribution in [0.4, 0.5) is 0 Å². The third-order valence-corrected chi connectivity index (χ3v) is 7.80. The highest BCUT2D eigenvalue weighted by molar-refractivity contribution is 9.11. The molecule has 2 aliphatic rings. The van der Waals surface area contributed by atoms with Gasteiger partial charge in [-0.1, -0.05) is 0 Å². The van der Waals surface area contributed by atoms with Gasteiger partial charge in [0, 0.05) is 37.2 Å². The van der Waals surface area contributed by atoms with Crippen LogP contribution >= 0.6 is 27.3 Å². The number of halogens is 1. The molecule has 0 aromatic carbocycles. The SMILES string of the molecule is O=S(=O)(c1cc(CNC2CC2)sc1Br)N1CCCOCC1. The average molecular weight is 395 g/mol. The molecule has 118 valence electrons. The second-order valence-corrected chi connectivity index (χ2v) is 9.74. The summed E-state index contributed by atoms with van der Waals surface area (Å²) < 4.78 is 33.1. The predicted octanol–water partition coefficient (Wildman–Crippen LogP) is 2.17. The van der Waals surface area contributed by atoms with Crippen molar-refractivity contribution in [2.75, 3.05) is 26.3 Å². The molecule has 1 saturated heterocycles. The minimum absolute atomic E-state index is 0.391. The summed E-state index contributed by atoms with van der Waals surface area (Å²) in [4.78, 5) is 1.44. The van der Waals surface area contributed by atoms with Gasteiger partial charge in [0.2, 0.25) is 10.0 Å². The van der Waals surface area contributed by atoms with Crippen LogP contribution in [-0.2, 0) is 21.3 Å². The van der Waals surface area contributed by atoms with Crippen molar-refractivity contribution in [1.29, 1.82) is 0 Å². The highest BCUT2D eigenvalue weighted by Gasteiger charge is 2.29. The molecule has 1 aliphatic heterocycles.